The van der Waals surface area contributed by atoms with Gasteiger partial charge in [-0.2, -0.15) is 0 Å². The normalized spacial score (nSPS) is 15.8. The molecule has 0 aromatic heterocycles. The Balaban J connectivity index is 1.63. The molecule has 0 saturated heterocycles. The molecule has 1 aromatic rings. The number of para-hydroxylation sites is 1. The van der Waals surface area contributed by atoms with Gasteiger partial charge in [0.25, 0.3) is 5.91 Å². The molecule has 2 rings (SSSR count). The second-order valence-electron chi connectivity index (χ2n) is 5.44. The summed E-state index contributed by atoms with van der Waals surface area (Å²) in [7, 11) is 0. The molecule has 2 N–H and O–H groups in total. The van der Waals surface area contributed by atoms with Crippen LogP contribution in [-0.4, -0.2) is 30.9 Å². The van der Waals surface area contributed by atoms with Crippen molar-refractivity contribution in [3.8, 4) is 0 Å². The van der Waals surface area contributed by atoms with E-state index in [1.54, 1.807) is 18.2 Å². The molecule has 6 nitrogen and oxygen atoms in total. The first kappa shape index (κ1) is 18.2. The third kappa shape index (κ3) is 6.16. The summed E-state index contributed by atoms with van der Waals surface area (Å²) in [5.74, 6) is -1.07. The molecule has 0 fully saturated rings. The van der Waals surface area contributed by atoms with Gasteiger partial charge in [-0.05, 0) is 46.8 Å². The first-order valence-electron chi connectivity index (χ1n) is 7.68. The smallest absolute Gasteiger partial charge is 0.306 e. The Bertz CT molecular complexity index is 645. The second kappa shape index (κ2) is 9.22. The maximum atomic E-state index is 11.8. The van der Waals surface area contributed by atoms with Gasteiger partial charge in [0.1, 0.15) is 0 Å². The summed E-state index contributed by atoms with van der Waals surface area (Å²) in [6.45, 7) is -0.569. The van der Waals surface area contributed by atoms with Crippen LogP contribution in [0.3, 0.4) is 0 Å². The summed E-state index contributed by atoms with van der Waals surface area (Å²) in [6.07, 6.45) is 6.23. The van der Waals surface area contributed by atoms with Crippen LogP contribution in [0, 0.1) is 5.92 Å². The number of halogens is 1. The Morgan fingerprint density at radius 2 is 2.00 bits per heavy atom. The Kier molecular flexibility index (Phi) is 6.99. The molecule has 1 aliphatic carbocycles. The monoisotopic (exact) mass is 394 g/mol. The van der Waals surface area contributed by atoms with Crippen LogP contribution in [0.5, 0.6) is 0 Å². The third-order valence-corrected chi connectivity index (χ3v) is 4.19. The van der Waals surface area contributed by atoms with Crippen LogP contribution in [0.15, 0.2) is 40.9 Å². The second-order valence-corrected chi connectivity index (χ2v) is 6.29. The van der Waals surface area contributed by atoms with Gasteiger partial charge in [0.05, 0.1) is 18.7 Å². The minimum absolute atomic E-state index is 0.191. The van der Waals surface area contributed by atoms with Gasteiger partial charge in [0, 0.05) is 4.47 Å². The number of allylic oxidation sites excluding steroid dienone is 2. The van der Waals surface area contributed by atoms with E-state index in [0.29, 0.717) is 5.69 Å². The molecule has 1 aromatic carbocycles. The molecule has 0 unspecified atom stereocenters. The standard InChI is InChI=1S/C17H19BrN2O4/c18-13-7-3-4-8-14(13)20-15(21)10-19-16(22)11-24-17(23)9-12-5-1-2-6-12/h1,3-5,7-8,12H,2,6,9-11H2,(H,19,22)(H,20,21)/t12-/m0/s1. The summed E-state index contributed by atoms with van der Waals surface area (Å²) in [5, 5.41) is 5.08. The highest BCUT2D eigenvalue weighted by Crippen LogP contribution is 2.21. The average molecular weight is 395 g/mol. The van der Waals surface area contributed by atoms with Gasteiger partial charge in [0.2, 0.25) is 5.91 Å². The van der Waals surface area contributed by atoms with Gasteiger partial charge in [0.15, 0.2) is 6.61 Å². The highest BCUT2D eigenvalue weighted by Gasteiger charge is 2.16. The molecule has 24 heavy (non-hydrogen) atoms. The Labute approximate surface area is 148 Å². The van der Waals surface area contributed by atoms with Crippen LogP contribution in [0.1, 0.15) is 19.3 Å². The molecule has 7 heteroatoms. The Hall–Kier alpha value is -2.15. The molecular weight excluding hydrogens is 376 g/mol. The lowest BCUT2D eigenvalue weighted by molar-refractivity contribution is -0.149. The van der Waals surface area contributed by atoms with Crippen molar-refractivity contribution in [3.05, 3.63) is 40.9 Å². The predicted octanol–water partition coefficient (Wildman–Crippen LogP) is 2.40. The molecule has 0 radical (unpaired) electrons. The molecular formula is C17H19BrN2O4. The van der Waals surface area contributed by atoms with E-state index in [9.17, 15) is 14.4 Å². The Morgan fingerprint density at radius 3 is 2.71 bits per heavy atom. The van der Waals surface area contributed by atoms with Crippen molar-refractivity contribution in [2.75, 3.05) is 18.5 Å². The van der Waals surface area contributed by atoms with E-state index in [4.69, 9.17) is 4.74 Å². The number of ether oxygens (including phenoxy) is 1. The summed E-state index contributed by atoms with van der Waals surface area (Å²) < 4.78 is 5.66. The van der Waals surface area contributed by atoms with Crippen molar-refractivity contribution in [1.82, 2.24) is 5.32 Å². The number of amides is 2. The molecule has 128 valence electrons. The number of carbonyl (C=O) groups excluding carboxylic acids is 3. The minimum atomic E-state index is -0.507. The number of hydrogen-bond donors (Lipinski definition) is 2. The fraction of sp³-hybridized carbons (Fsp3) is 0.353. The van der Waals surface area contributed by atoms with E-state index in [2.05, 4.69) is 26.6 Å². The van der Waals surface area contributed by atoms with Crippen molar-refractivity contribution in [2.45, 2.75) is 19.3 Å². The van der Waals surface area contributed by atoms with Gasteiger partial charge >= 0.3 is 5.97 Å². The quantitative estimate of drug-likeness (QED) is 0.549. The number of rotatable bonds is 7. The van der Waals surface area contributed by atoms with Crippen LogP contribution in [-0.2, 0) is 19.1 Å². The van der Waals surface area contributed by atoms with E-state index in [-0.39, 0.29) is 31.4 Å². The zero-order valence-electron chi connectivity index (χ0n) is 13.1. The molecule has 1 atom stereocenters. The van der Waals surface area contributed by atoms with E-state index in [1.165, 1.54) is 0 Å². The maximum Gasteiger partial charge on any atom is 0.306 e. The molecule has 0 saturated carbocycles. The molecule has 0 bridgehead atoms. The SMILES string of the molecule is O=C(COC(=O)C[C@H]1C=CCC1)NCC(=O)Nc1ccccc1Br. The lowest BCUT2D eigenvalue weighted by Crippen LogP contribution is -2.35. The van der Waals surface area contributed by atoms with Crippen LogP contribution in [0.25, 0.3) is 0 Å². The lowest BCUT2D eigenvalue weighted by atomic mass is 10.1. The van der Waals surface area contributed by atoms with E-state index < -0.39 is 11.9 Å². The van der Waals surface area contributed by atoms with Crippen LogP contribution in [0.2, 0.25) is 0 Å². The van der Waals surface area contributed by atoms with Crippen molar-refractivity contribution in [1.29, 1.82) is 0 Å². The van der Waals surface area contributed by atoms with Crippen molar-refractivity contribution < 1.29 is 19.1 Å². The summed E-state index contributed by atoms with van der Waals surface area (Å²) in [6, 6.07) is 7.16. The fourth-order valence-corrected chi connectivity index (χ4v) is 2.66. The van der Waals surface area contributed by atoms with Gasteiger partial charge in [-0.25, -0.2) is 0 Å². The van der Waals surface area contributed by atoms with Crippen LogP contribution < -0.4 is 10.6 Å². The minimum Gasteiger partial charge on any atom is -0.456 e. The molecule has 0 spiro atoms. The maximum absolute atomic E-state index is 11.8. The van der Waals surface area contributed by atoms with Crippen molar-refractivity contribution in [2.24, 2.45) is 5.92 Å². The number of hydrogen-bond acceptors (Lipinski definition) is 4. The lowest BCUT2D eigenvalue weighted by Gasteiger charge is -2.10. The van der Waals surface area contributed by atoms with Crippen LogP contribution >= 0.6 is 15.9 Å². The highest BCUT2D eigenvalue weighted by molar-refractivity contribution is 9.10. The summed E-state index contributed by atoms with van der Waals surface area (Å²) >= 11 is 3.32. The zero-order chi connectivity index (χ0) is 17.4. The number of anilines is 1. The number of benzene rings is 1. The molecule has 2 amide bonds. The largest absolute Gasteiger partial charge is 0.456 e. The Morgan fingerprint density at radius 1 is 1.21 bits per heavy atom. The third-order valence-electron chi connectivity index (χ3n) is 3.50. The summed E-state index contributed by atoms with van der Waals surface area (Å²) in [5.41, 5.74) is 0.618. The summed E-state index contributed by atoms with van der Waals surface area (Å²) in [4.78, 5) is 35.0. The first-order chi connectivity index (χ1) is 11.5. The average Bonchev–Trinajstić information content (AvgIpc) is 3.06. The van der Waals surface area contributed by atoms with Gasteiger partial charge in [-0.15, -0.1) is 0 Å². The van der Waals surface area contributed by atoms with E-state index >= 15 is 0 Å². The van der Waals surface area contributed by atoms with E-state index in [1.807, 2.05) is 18.2 Å². The van der Waals surface area contributed by atoms with Gasteiger partial charge in [-0.1, -0.05) is 24.3 Å². The zero-order valence-corrected chi connectivity index (χ0v) is 14.7. The number of nitrogens with one attached hydrogen (secondary N) is 2. The van der Waals surface area contributed by atoms with Gasteiger partial charge in [-0.3, -0.25) is 14.4 Å². The molecule has 1 aliphatic rings. The topological polar surface area (TPSA) is 84.5 Å². The fourth-order valence-electron chi connectivity index (χ4n) is 2.27. The van der Waals surface area contributed by atoms with Crippen molar-refractivity contribution >= 4 is 39.4 Å². The number of carbonyl (C=O) groups is 3. The number of esters is 1. The molecule has 0 aliphatic heterocycles. The van der Waals surface area contributed by atoms with E-state index in [0.717, 1.165) is 17.3 Å². The molecule has 0 heterocycles. The highest BCUT2D eigenvalue weighted by atomic mass is 79.9. The first-order valence-corrected chi connectivity index (χ1v) is 8.47. The van der Waals surface area contributed by atoms with Crippen LogP contribution in [0.4, 0.5) is 5.69 Å². The van der Waals surface area contributed by atoms with Crippen molar-refractivity contribution in [3.63, 3.8) is 0 Å². The predicted molar refractivity (Wildman–Crippen MR) is 93.2 cm³/mol. The van der Waals surface area contributed by atoms with Gasteiger partial charge < -0.3 is 15.4 Å².